The number of nitrogens with one attached hydrogen (secondary N) is 1. The van der Waals surface area contributed by atoms with Crippen LogP contribution in [0.5, 0.6) is 11.5 Å². The van der Waals surface area contributed by atoms with Crippen LogP contribution in [0.2, 0.25) is 10.0 Å². The molecule has 1 fully saturated rings. The van der Waals surface area contributed by atoms with Crippen LogP contribution in [-0.4, -0.2) is 90.4 Å². The van der Waals surface area contributed by atoms with Gasteiger partial charge in [-0.2, -0.15) is 18.3 Å². The van der Waals surface area contributed by atoms with Crippen LogP contribution in [0.15, 0.2) is 41.5 Å². The average Bonchev–Trinajstić information content (AvgIpc) is 3.62. The summed E-state index contributed by atoms with van der Waals surface area (Å²) in [7, 11) is 0. The lowest BCUT2D eigenvalue weighted by Gasteiger charge is -2.36. The number of aromatic nitrogens is 6. The van der Waals surface area contributed by atoms with E-state index in [2.05, 4.69) is 25.1 Å². The Morgan fingerprint density at radius 3 is 2.61 bits per heavy atom. The van der Waals surface area contributed by atoms with Gasteiger partial charge in [0.25, 0.3) is 11.5 Å². The molecule has 54 heavy (non-hydrogen) atoms. The van der Waals surface area contributed by atoms with Crippen molar-refractivity contribution in [3.05, 3.63) is 85.3 Å². The fraction of sp³-hybridized carbons (Fsp3) is 0.343. The molecule has 0 unspecified atom stereocenters. The highest BCUT2D eigenvalue weighted by Crippen LogP contribution is 2.39. The van der Waals surface area contributed by atoms with Gasteiger partial charge in [0, 0.05) is 31.7 Å². The molecule has 7 rings (SSSR count). The molecule has 2 N–H and O–H groups in total. The van der Waals surface area contributed by atoms with Crippen LogP contribution in [0.4, 0.5) is 20.2 Å². The molecule has 5 heterocycles. The maximum absolute atomic E-state index is 14.4. The molecule has 0 atom stereocenters. The molecule has 2 aliphatic rings. The number of piperazine rings is 1. The summed E-state index contributed by atoms with van der Waals surface area (Å²) in [4.78, 5) is 57.4. The molecule has 0 saturated carbocycles. The van der Waals surface area contributed by atoms with E-state index in [-0.39, 0.29) is 89.3 Å². The number of aryl methyl sites for hydroxylation is 1. The van der Waals surface area contributed by atoms with E-state index < -0.39 is 29.7 Å². The van der Waals surface area contributed by atoms with Crippen molar-refractivity contribution in [3.8, 4) is 22.9 Å². The maximum Gasteiger partial charge on any atom is 0.387 e. The van der Waals surface area contributed by atoms with Crippen molar-refractivity contribution in [2.24, 2.45) is 0 Å². The molecule has 2 aromatic carbocycles. The fourth-order valence-corrected chi connectivity index (χ4v) is 7.13. The second-order valence-corrected chi connectivity index (χ2v) is 13.4. The zero-order valence-corrected chi connectivity index (χ0v) is 30.5. The van der Waals surface area contributed by atoms with Crippen molar-refractivity contribution in [1.29, 1.82) is 0 Å². The van der Waals surface area contributed by atoms with E-state index in [0.717, 1.165) is 15.6 Å². The van der Waals surface area contributed by atoms with Crippen LogP contribution in [0, 0.1) is 6.92 Å². The molecule has 282 valence electrons. The molecule has 3 aromatic heterocycles. The summed E-state index contributed by atoms with van der Waals surface area (Å²) in [5, 5.41) is 17.2. The Kier molecular flexibility index (Phi) is 10.4. The minimum absolute atomic E-state index is 0.0250. The molecule has 0 bridgehead atoms. The first-order valence-electron chi connectivity index (χ1n) is 16.9. The number of carbonyl (C=O) groups excluding carboxylic acids is 2. The van der Waals surface area contributed by atoms with E-state index in [1.807, 2.05) is 30.0 Å². The standard InChI is InChI=1S/C35H33Cl2F2N9O6/c1-3-24-28(45-9-11-46(12-10-45)32(51)27-29(50)18(2)40-17-41-27)33(52)48-35(43-31(44-48)20-4-5-21-16-53-13-8-19(21)14-20)47(24)15-25(49)42-23-7-6-22(36)30(26(23)37)54-34(38)39/h4-7,14,17,34,50H,3,8-13,15-16H2,1-2H3,(H,42,49). The molecule has 0 spiro atoms. The van der Waals surface area contributed by atoms with Gasteiger partial charge in [-0.1, -0.05) is 42.3 Å². The number of hydrogen-bond donors (Lipinski definition) is 2. The van der Waals surface area contributed by atoms with Crippen molar-refractivity contribution in [1.82, 2.24) is 34.0 Å². The van der Waals surface area contributed by atoms with Crippen molar-refractivity contribution >= 4 is 52.2 Å². The van der Waals surface area contributed by atoms with Gasteiger partial charge >= 0.3 is 6.61 Å². The Balaban J connectivity index is 1.26. The number of fused-ring (bicyclic) bond motifs is 2. The lowest BCUT2D eigenvalue weighted by Crippen LogP contribution is -2.51. The van der Waals surface area contributed by atoms with Crippen molar-refractivity contribution < 1.29 is 33.0 Å². The number of ether oxygens (including phenoxy) is 2. The number of anilines is 2. The third-order valence-corrected chi connectivity index (χ3v) is 9.99. The normalized spacial score (nSPS) is 14.4. The third-order valence-electron chi connectivity index (χ3n) is 9.32. The number of alkyl halides is 2. The van der Waals surface area contributed by atoms with E-state index >= 15 is 0 Å². The molecule has 15 nitrogen and oxygen atoms in total. The zero-order valence-electron chi connectivity index (χ0n) is 29.0. The summed E-state index contributed by atoms with van der Waals surface area (Å²) in [5.41, 5.74) is 3.20. The SMILES string of the molecule is CCc1c(N2CCN(C(=O)c3ncnc(C)c3O)CC2)c(=O)n2nc(-c3ccc4c(c3)CCOC4)nc2n1CC(=O)Nc1ccc(Cl)c(OC(F)F)c1Cl. The monoisotopic (exact) mass is 783 g/mol. The third kappa shape index (κ3) is 7.01. The van der Waals surface area contributed by atoms with Gasteiger partial charge in [-0.15, -0.1) is 5.10 Å². The zero-order chi connectivity index (χ0) is 38.3. The van der Waals surface area contributed by atoms with Crippen LogP contribution in [-0.2, 0) is 35.5 Å². The van der Waals surface area contributed by atoms with Crippen LogP contribution < -0.4 is 20.5 Å². The summed E-state index contributed by atoms with van der Waals surface area (Å²) in [6.07, 6.45) is 2.20. The van der Waals surface area contributed by atoms with Gasteiger partial charge in [-0.3, -0.25) is 14.4 Å². The molecule has 5 aromatic rings. The van der Waals surface area contributed by atoms with Gasteiger partial charge in [0.15, 0.2) is 23.0 Å². The molecular weight excluding hydrogens is 751 g/mol. The smallest absolute Gasteiger partial charge is 0.387 e. The highest BCUT2D eigenvalue weighted by molar-refractivity contribution is 6.39. The topological polar surface area (TPSA) is 169 Å². The van der Waals surface area contributed by atoms with Crippen LogP contribution >= 0.6 is 23.2 Å². The number of carbonyl (C=O) groups is 2. The van der Waals surface area contributed by atoms with Gasteiger partial charge in [-0.05, 0) is 49.1 Å². The van der Waals surface area contributed by atoms with Gasteiger partial charge in [0.1, 0.15) is 23.6 Å². The largest absolute Gasteiger partial charge is 0.504 e. The summed E-state index contributed by atoms with van der Waals surface area (Å²) in [6, 6.07) is 8.36. The van der Waals surface area contributed by atoms with Gasteiger partial charge in [0.05, 0.1) is 35.3 Å². The summed E-state index contributed by atoms with van der Waals surface area (Å²) < 4.78 is 38.9. The maximum atomic E-state index is 14.4. The number of amides is 2. The predicted octanol–water partition coefficient (Wildman–Crippen LogP) is 4.51. The lowest BCUT2D eigenvalue weighted by atomic mass is 10.0. The van der Waals surface area contributed by atoms with Crippen molar-refractivity contribution in [2.45, 2.75) is 46.5 Å². The highest BCUT2D eigenvalue weighted by Gasteiger charge is 2.31. The summed E-state index contributed by atoms with van der Waals surface area (Å²) in [6.45, 7) is 1.73. The number of nitrogens with zero attached hydrogens (tertiary/aromatic N) is 8. The van der Waals surface area contributed by atoms with Gasteiger partial charge in [0.2, 0.25) is 11.7 Å². The second-order valence-electron chi connectivity index (χ2n) is 12.6. The summed E-state index contributed by atoms with van der Waals surface area (Å²) >= 11 is 12.4. The predicted molar refractivity (Wildman–Crippen MR) is 194 cm³/mol. The first-order valence-corrected chi connectivity index (χ1v) is 17.7. The minimum Gasteiger partial charge on any atom is -0.504 e. The second kappa shape index (κ2) is 15.2. The number of rotatable bonds is 9. The molecule has 2 amide bonds. The van der Waals surface area contributed by atoms with E-state index in [1.54, 1.807) is 11.5 Å². The van der Waals surface area contributed by atoms with Crippen LogP contribution in [0.25, 0.3) is 17.2 Å². The first kappa shape index (κ1) is 36.9. The molecular formula is C35H33Cl2F2N9O6. The van der Waals surface area contributed by atoms with Gasteiger partial charge in [-0.25, -0.2) is 9.97 Å². The Morgan fingerprint density at radius 1 is 1.09 bits per heavy atom. The van der Waals surface area contributed by atoms with E-state index in [4.69, 9.17) is 32.9 Å². The van der Waals surface area contributed by atoms with Crippen molar-refractivity contribution in [3.63, 3.8) is 0 Å². The van der Waals surface area contributed by atoms with Crippen molar-refractivity contribution in [2.75, 3.05) is 43.0 Å². The van der Waals surface area contributed by atoms with E-state index in [0.29, 0.717) is 30.9 Å². The minimum atomic E-state index is -3.21. The van der Waals surface area contributed by atoms with Crippen LogP contribution in [0.1, 0.15) is 39.9 Å². The van der Waals surface area contributed by atoms with Gasteiger partial charge < -0.3 is 34.3 Å². The molecule has 2 aliphatic heterocycles. The molecule has 0 radical (unpaired) electrons. The Bertz CT molecular complexity index is 2350. The first-order chi connectivity index (χ1) is 25.9. The Labute approximate surface area is 316 Å². The summed E-state index contributed by atoms with van der Waals surface area (Å²) in [5.74, 6) is -1.52. The Morgan fingerprint density at radius 2 is 1.87 bits per heavy atom. The Hall–Kier alpha value is -5.39. The fourth-order valence-electron chi connectivity index (χ4n) is 6.62. The number of hydrogen-bond acceptors (Lipinski definition) is 11. The van der Waals surface area contributed by atoms with Crippen LogP contribution in [0.3, 0.4) is 0 Å². The number of benzene rings is 2. The van der Waals surface area contributed by atoms with E-state index in [9.17, 15) is 28.3 Å². The molecule has 19 heteroatoms. The van der Waals surface area contributed by atoms with E-state index in [1.165, 1.54) is 23.4 Å². The lowest BCUT2D eigenvalue weighted by molar-refractivity contribution is -0.116. The molecule has 1 saturated heterocycles. The number of halogens is 4. The average molecular weight is 785 g/mol. The molecule has 0 aliphatic carbocycles. The highest BCUT2D eigenvalue weighted by atomic mass is 35.5. The number of aromatic hydroxyl groups is 1. The quantitative estimate of drug-likeness (QED) is 0.216.